The molecule has 0 bridgehead atoms. The van der Waals surface area contributed by atoms with Crippen LogP contribution in [-0.4, -0.2) is 40.6 Å². The van der Waals surface area contributed by atoms with Crippen LogP contribution in [-0.2, 0) is 11.3 Å². The van der Waals surface area contributed by atoms with Gasteiger partial charge in [-0.05, 0) is 39.7 Å². The van der Waals surface area contributed by atoms with Crippen LogP contribution in [0.2, 0.25) is 0 Å². The molecule has 0 atom stereocenters. The lowest BCUT2D eigenvalue weighted by molar-refractivity contribution is 0.0343. The number of imidazole rings is 1. The lowest BCUT2D eigenvalue weighted by Gasteiger charge is -2.26. The minimum absolute atomic E-state index is 0.828. The predicted octanol–water partition coefficient (Wildman–Crippen LogP) is 3.08. The molecule has 1 aromatic carbocycles. The summed E-state index contributed by atoms with van der Waals surface area (Å²) in [7, 11) is 0. The number of pyridine rings is 1. The summed E-state index contributed by atoms with van der Waals surface area (Å²) in [6.45, 7) is 4.60. The molecule has 3 heterocycles. The molecule has 5 heteroatoms. The zero-order chi connectivity index (χ0) is 14.2. The van der Waals surface area contributed by atoms with E-state index < -0.39 is 0 Å². The van der Waals surface area contributed by atoms with E-state index in [4.69, 9.17) is 9.72 Å². The van der Waals surface area contributed by atoms with Crippen molar-refractivity contribution in [1.82, 2.24) is 14.3 Å². The van der Waals surface area contributed by atoms with Crippen LogP contribution < -0.4 is 0 Å². The number of rotatable bonds is 2. The predicted molar refractivity (Wildman–Crippen MR) is 86.5 cm³/mol. The van der Waals surface area contributed by atoms with Gasteiger partial charge in [0.1, 0.15) is 5.65 Å². The van der Waals surface area contributed by atoms with Crippen LogP contribution in [0.1, 0.15) is 5.56 Å². The Balaban J connectivity index is 1.83. The van der Waals surface area contributed by atoms with Gasteiger partial charge in [0.25, 0.3) is 0 Å². The van der Waals surface area contributed by atoms with Crippen molar-refractivity contribution >= 4 is 32.6 Å². The molecule has 1 fully saturated rings. The highest BCUT2D eigenvalue weighted by molar-refractivity contribution is 9.10. The van der Waals surface area contributed by atoms with Crippen molar-refractivity contribution in [1.29, 1.82) is 0 Å². The third-order valence-corrected chi connectivity index (χ3v) is 4.43. The van der Waals surface area contributed by atoms with Crippen LogP contribution >= 0.6 is 15.9 Å². The largest absolute Gasteiger partial charge is 0.379 e. The lowest BCUT2D eigenvalue weighted by Crippen LogP contribution is -2.35. The van der Waals surface area contributed by atoms with Crippen molar-refractivity contribution < 1.29 is 4.74 Å². The van der Waals surface area contributed by atoms with E-state index >= 15 is 0 Å². The average Bonchev–Trinajstić information content (AvgIpc) is 2.87. The maximum Gasteiger partial charge on any atom is 0.137 e. The maximum absolute atomic E-state index is 5.43. The minimum Gasteiger partial charge on any atom is -0.379 e. The molecule has 1 saturated heterocycles. The zero-order valence-corrected chi connectivity index (χ0v) is 13.2. The Hall–Kier alpha value is -1.43. The van der Waals surface area contributed by atoms with Crippen molar-refractivity contribution in [3.63, 3.8) is 0 Å². The molecule has 1 aliphatic rings. The Labute approximate surface area is 131 Å². The molecule has 2 aromatic heterocycles. The van der Waals surface area contributed by atoms with Crippen molar-refractivity contribution in [3.05, 3.63) is 46.6 Å². The van der Waals surface area contributed by atoms with Crippen LogP contribution in [0.15, 0.2) is 41.0 Å². The first-order valence-corrected chi connectivity index (χ1v) is 7.96. The summed E-state index contributed by atoms with van der Waals surface area (Å²) < 4.78 is 8.67. The van der Waals surface area contributed by atoms with Gasteiger partial charge in [-0.3, -0.25) is 9.30 Å². The fourth-order valence-electron chi connectivity index (χ4n) is 2.93. The Kier molecular flexibility index (Phi) is 3.41. The standard InChI is InChI=1S/C16H16BrN3O/c17-13-4-5-15-18-14-3-1-2-12(16(14)20(15)11-13)10-19-6-8-21-9-7-19/h1-5,11H,6-10H2. The smallest absolute Gasteiger partial charge is 0.137 e. The van der Waals surface area contributed by atoms with Gasteiger partial charge in [0, 0.05) is 30.3 Å². The summed E-state index contributed by atoms with van der Waals surface area (Å²) in [5, 5.41) is 0. The molecule has 4 nitrogen and oxygen atoms in total. The fourth-order valence-corrected chi connectivity index (χ4v) is 3.27. The van der Waals surface area contributed by atoms with E-state index in [0.717, 1.165) is 48.5 Å². The van der Waals surface area contributed by atoms with Crippen molar-refractivity contribution in [2.45, 2.75) is 6.54 Å². The molecule has 4 rings (SSSR count). The van der Waals surface area contributed by atoms with Gasteiger partial charge >= 0.3 is 0 Å². The molecule has 1 aliphatic heterocycles. The number of aromatic nitrogens is 2. The topological polar surface area (TPSA) is 29.8 Å². The number of hydrogen-bond acceptors (Lipinski definition) is 3. The molecule has 0 spiro atoms. The first-order chi connectivity index (χ1) is 10.3. The number of ether oxygens (including phenoxy) is 1. The van der Waals surface area contributed by atoms with Gasteiger partial charge in [-0.25, -0.2) is 4.98 Å². The fraction of sp³-hybridized carbons (Fsp3) is 0.312. The lowest BCUT2D eigenvalue weighted by atomic mass is 10.1. The van der Waals surface area contributed by atoms with E-state index in [9.17, 15) is 0 Å². The minimum atomic E-state index is 0.828. The highest BCUT2D eigenvalue weighted by atomic mass is 79.9. The van der Waals surface area contributed by atoms with Gasteiger partial charge in [0.05, 0.1) is 24.2 Å². The first-order valence-electron chi connectivity index (χ1n) is 7.16. The van der Waals surface area contributed by atoms with E-state index in [2.05, 4.69) is 49.6 Å². The van der Waals surface area contributed by atoms with Gasteiger partial charge in [-0.15, -0.1) is 0 Å². The molecule has 21 heavy (non-hydrogen) atoms. The molecule has 0 amide bonds. The van der Waals surface area contributed by atoms with E-state index in [1.54, 1.807) is 0 Å². The Morgan fingerprint density at radius 3 is 2.86 bits per heavy atom. The number of para-hydroxylation sites is 1. The van der Waals surface area contributed by atoms with Crippen molar-refractivity contribution in [2.75, 3.05) is 26.3 Å². The second kappa shape index (κ2) is 5.40. The summed E-state index contributed by atoms with van der Waals surface area (Å²) in [6.07, 6.45) is 2.09. The van der Waals surface area contributed by atoms with Crippen molar-refractivity contribution in [3.8, 4) is 0 Å². The maximum atomic E-state index is 5.43. The van der Waals surface area contributed by atoms with E-state index in [-0.39, 0.29) is 0 Å². The first kappa shape index (κ1) is 13.2. The molecule has 0 N–H and O–H groups in total. The number of benzene rings is 1. The normalized spacial score (nSPS) is 16.8. The number of halogens is 1. The molecule has 0 unspecified atom stereocenters. The van der Waals surface area contributed by atoms with Gasteiger partial charge in [-0.1, -0.05) is 12.1 Å². The molecule has 108 valence electrons. The van der Waals surface area contributed by atoms with Crippen LogP contribution in [0, 0.1) is 0 Å². The Bertz CT molecular complexity index is 793. The third-order valence-electron chi connectivity index (χ3n) is 3.96. The Morgan fingerprint density at radius 1 is 1.14 bits per heavy atom. The molecular weight excluding hydrogens is 330 g/mol. The summed E-state index contributed by atoms with van der Waals surface area (Å²) >= 11 is 3.55. The molecule has 0 saturated carbocycles. The number of hydrogen-bond donors (Lipinski definition) is 0. The van der Waals surface area contributed by atoms with E-state index in [1.807, 2.05) is 12.1 Å². The zero-order valence-electron chi connectivity index (χ0n) is 11.6. The summed E-state index contributed by atoms with van der Waals surface area (Å²) in [6, 6.07) is 10.5. The monoisotopic (exact) mass is 345 g/mol. The highest BCUT2D eigenvalue weighted by Gasteiger charge is 2.14. The van der Waals surface area contributed by atoms with Gasteiger partial charge < -0.3 is 4.74 Å². The molecule has 0 aliphatic carbocycles. The van der Waals surface area contributed by atoms with Gasteiger partial charge in [0.15, 0.2) is 0 Å². The van der Waals surface area contributed by atoms with E-state index in [1.165, 1.54) is 11.1 Å². The van der Waals surface area contributed by atoms with Crippen molar-refractivity contribution in [2.24, 2.45) is 0 Å². The van der Waals surface area contributed by atoms with Crippen LogP contribution in [0.25, 0.3) is 16.7 Å². The van der Waals surface area contributed by atoms with Gasteiger partial charge in [-0.2, -0.15) is 0 Å². The summed E-state index contributed by atoms with van der Waals surface area (Å²) in [5.41, 5.74) is 4.57. The summed E-state index contributed by atoms with van der Waals surface area (Å²) in [5.74, 6) is 0. The second-order valence-electron chi connectivity index (χ2n) is 5.36. The van der Waals surface area contributed by atoms with Gasteiger partial charge in [0.2, 0.25) is 0 Å². The van der Waals surface area contributed by atoms with Crippen LogP contribution in [0.4, 0.5) is 0 Å². The van der Waals surface area contributed by atoms with Crippen LogP contribution in [0.5, 0.6) is 0 Å². The van der Waals surface area contributed by atoms with E-state index in [0.29, 0.717) is 0 Å². The Morgan fingerprint density at radius 2 is 2.00 bits per heavy atom. The molecular formula is C16H16BrN3O. The number of nitrogens with zero attached hydrogens (tertiary/aromatic N) is 3. The van der Waals surface area contributed by atoms with Crippen LogP contribution in [0.3, 0.4) is 0 Å². The second-order valence-corrected chi connectivity index (χ2v) is 6.28. The SMILES string of the molecule is Brc1ccc2nc3cccc(CN4CCOCC4)c3n2c1. The molecule has 0 radical (unpaired) electrons. The number of morpholine rings is 1. The average molecular weight is 346 g/mol. The highest BCUT2D eigenvalue weighted by Crippen LogP contribution is 2.24. The number of fused-ring (bicyclic) bond motifs is 3. The quantitative estimate of drug-likeness (QED) is 0.714. The third kappa shape index (κ3) is 2.46. The summed E-state index contributed by atoms with van der Waals surface area (Å²) in [4.78, 5) is 7.15. The molecule has 3 aromatic rings.